The van der Waals surface area contributed by atoms with Crippen molar-refractivity contribution in [1.29, 1.82) is 0 Å². The number of likely N-dealkylation sites (N-methyl/N-ethyl adjacent to an activating group) is 1. The van der Waals surface area contributed by atoms with Crippen LogP contribution in [0.5, 0.6) is 5.75 Å². The number of fused-ring (bicyclic) bond motifs is 1. The van der Waals surface area contributed by atoms with Crippen molar-refractivity contribution in [3.05, 3.63) is 52.5 Å². The number of nitrogens with zero attached hydrogens (tertiary/aromatic N) is 3. The highest BCUT2D eigenvalue weighted by Gasteiger charge is 2.39. The molecule has 0 aliphatic carbocycles. The highest BCUT2D eigenvalue weighted by Crippen LogP contribution is 2.41. The van der Waals surface area contributed by atoms with E-state index < -0.39 is 23.4 Å². The van der Waals surface area contributed by atoms with Gasteiger partial charge >= 0.3 is 5.97 Å². The molecule has 3 aliphatic rings. The zero-order valence-electron chi connectivity index (χ0n) is 25.5. The molecule has 2 saturated heterocycles. The van der Waals surface area contributed by atoms with Crippen molar-refractivity contribution in [2.45, 2.75) is 88.8 Å². The zero-order chi connectivity index (χ0) is 29.7. The first-order valence-corrected chi connectivity index (χ1v) is 15.7. The number of unbranched alkanes of at least 4 members (excludes halogenated alkanes) is 2. The number of nitrogens with one attached hydrogen (secondary N) is 1. The van der Waals surface area contributed by atoms with E-state index in [-0.39, 0.29) is 11.8 Å². The van der Waals surface area contributed by atoms with E-state index in [9.17, 15) is 9.90 Å². The minimum absolute atomic E-state index is 0.00608. The number of rotatable bonds is 12. The fourth-order valence-corrected chi connectivity index (χ4v) is 6.88. The molecule has 2 fully saturated rings. The van der Waals surface area contributed by atoms with Crippen molar-refractivity contribution in [1.82, 2.24) is 14.8 Å². The van der Waals surface area contributed by atoms with Crippen LogP contribution in [0, 0.1) is 5.82 Å². The summed E-state index contributed by atoms with van der Waals surface area (Å²) < 4.78 is 26.8. The first-order valence-electron chi connectivity index (χ1n) is 15.7. The van der Waals surface area contributed by atoms with Crippen LogP contribution in [-0.2, 0) is 28.0 Å². The van der Waals surface area contributed by atoms with E-state index in [0.717, 1.165) is 82.4 Å². The van der Waals surface area contributed by atoms with Crippen LogP contribution in [0.1, 0.15) is 86.7 Å². The predicted octanol–water partition coefficient (Wildman–Crippen LogP) is 5.55. The second-order valence-electron chi connectivity index (χ2n) is 12.4. The molecule has 230 valence electrons. The Labute approximate surface area is 249 Å². The van der Waals surface area contributed by atoms with E-state index in [1.807, 2.05) is 11.8 Å². The summed E-state index contributed by atoms with van der Waals surface area (Å²) in [5.41, 5.74) is 2.89. The van der Waals surface area contributed by atoms with Gasteiger partial charge in [0.1, 0.15) is 11.9 Å². The molecule has 9 heteroatoms. The van der Waals surface area contributed by atoms with E-state index in [0.29, 0.717) is 30.8 Å². The number of aliphatic carboxylic acids is 1. The summed E-state index contributed by atoms with van der Waals surface area (Å²) in [6.07, 6.45) is 10.2. The van der Waals surface area contributed by atoms with Gasteiger partial charge in [-0.3, -0.25) is 9.69 Å². The Hall–Kier alpha value is -2.75. The Bertz CT molecular complexity index is 1230. The smallest absolute Gasteiger partial charge is 0.325 e. The number of carbonyl (C=O) groups is 1. The van der Waals surface area contributed by atoms with Gasteiger partial charge in [-0.05, 0) is 108 Å². The lowest BCUT2D eigenvalue weighted by atomic mass is 9.86. The van der Waals surface area contributed by atoms with Gasteiger partial charge in [0.15, 0.2) is 11.6 Å². The molecule has 3 atom stereocenters. The quantitative estimate of drug-likeness (QED) is 0.315. The highest BCUT2D eigenvalue weighted by molar-refractivity contribution is 5.77. The molecule has 0 amide bonds. The molecule has 8 nitrogen and oxygen atoms in total. The van der Waals surface area contributed by atoms with Crippen LogP contribution in [-0.4, -0.2) is 78.8 Å². The number of pyridine rings is 1. The van der Waals surface area contributed by atoms with Gasteiger partial charge in [0.05, 0.1) is 12.7 Å². The molecule has 2 N–H and O–H groups in total. The average Bonchev–Trinajstić information content (AvgIpc) is 3.47. The van der Waals surface area contributed by atoms with Crippen LogP contribution < -0.4 is 10.1 Å². The fraction of sp³-hybridized carbons (Fsp3) is 0.636. The number of carboxylic acid groups (broad SMARTS) is 1. The lowest BCUT2D eigenvalue weighted by Gasteiger charge is -2.35. The van der Waals surface area contributed by atoms with Gasteiger partial charge in [-0.2, -0.15) is 0 Å². The molecule has 1 unspecified atom stereocenters. The second-order valence-corrected chi connectivity index (χ2v) is 12.4. The van der Waals surface area contributed by atoms with E-state index in [4.69, 9.17) is 14.5 Å². The molecule has 5 rings (SSSR count). The summed E-state index contributed by atoms with van der Waals surface area (Å²) >= 11 is 0. The van der Waals surface area contributed by atoms with Gasteiger partial charge in [-0.1, -0.05) is 12.5 Å². The van der Waals surface area contributed by atoms with E-state index in [2.05, 4.69) is 29.4 Å². The van der Waals surface area contributed by atoms with Gasteiger partial charge < -0.3 is 24.8 Å². The number of carboxylic acids is 1. The van der Waals surface area contributed by atoms with Gasteiger partial charge in [0.2, 0.25) is 0 Å². The predicted molar refractivity (Wildman–Crippen MR) is 162 cm³/mol. The topological polar surface area (TPSA) is 87.2 Å². The molecule has 1 aromatic carbocycles. The number of anilines is 1. The average molecular weight is 583 g/mol. The zero-order valence-corrected chi connectivity index (χ0v) is 25.5. The minimum atomic E-state index is -0.992. The third-order valence-corrected chi connectivity index (χ3v) is 9.46. The third-order valence-electron chi connectivity index (χ3n) is 9.46. The number of likely N-dealkylation sites (tertiary alicyclic amines) is 1. The Kier molecular flexibility index (Phi) is 10.0. The lowest BCUT2D eigenvalue weighted by molar-refractivity contribution is -0.143. The molecule has 42 heavy (non-hydrogen) atoms. The Morgan fingerprint density at radius 2 is 2.14 bits per heavy atom. The van der Waals surface area contributed by atoms with Crippen LogP contribution in [0.15, 0.2) is 24.3 Å². The van der Waals surface area contributed by atoms with Crippen molar-refractivity contribution in [2.24, 2.45) is 0 Å². The molecule has 0 bridgehead atoms. The third kappa shape index (κ3) is 6.90. The van der Waals surface area contributed by atoms with Crippen molar-refractivity contribution in [3.63, 3.8) is 0 Å². The Morgan fingerprint density at radius 3 is 2.90 bits per heavy atom. The van der Waals surface area contributed by atoms with Crippen LogP contribution >= 0.6 is 0 Å². The molecule has 0 saturated carbocycles. The summed E-state index contributed by atoms with van der Waals surface area (Å²) in [6.45, 7) is 5.79. The maximum absolute atomic E-state index is 15.3. The molecular weight excluding hydrogens is 535 g/mol. The number of aromatic nitrogens is 1. The largest absolute Gasteiger partial charge is 0.493 e. The number of halogens is 1. The van der Waals surface area contributed by atoms with Crippen molar-refractivity contribution in [2.75, 3.05) is 52.3 Å². The van der Waals surface area contributed by atoms with Crippen molar-refractivity contribution in [3.8, 4) is 5.75 Å². The molecule has 0 radical (unpaired) electrons. The molecule has 2 aromatic rings. The maximum Gasteiger partial charge on any atom is 0.325 e. The molecule has 4 heterocycles. The number of benzene rings is 1. The normalized spacial score (nSPS) is 23.4. The van der Waals surface area contributed by atoms with Crippen LogP contribution in [0.2, 0.25) is 0 Å². The lowest BCUT2D eigenvalue weighted by Crippen LogP contribution is -2.38. The SMILES string of the molecule is COc1c(F)cc(C2(C)CCCCO2)cc1[C@@H](C(=O)O)N1CC[C@@H](N(C)CCCCCc2ccc3c(n2)NCCC3)C1. The Balaban J connectivity index is 1.17. The van der Waals surface area contributed by atoms with Crippen molar-refractivity contribution >= 4 is 11.8 Å². The molecular formula is C33H47FN4O4. The van der Waals surface area contributed by atoms with E-state index in [1.165, 1.54) is 25.2 Å². The first-order chi connectivity index (χ1) is 20.3. The van der Waals surface area contributed by atoms with Gasteiger partial charge in [0.25, 0.3) is 0 Å². The number of hydrogen-bond donors (Lipinski definition) is 2. The summed E-state index contributed by atoms with van der Waals surface area (Å²) in [6, 6.07) is 6.90. The molecule has 0 spiro atoms. The summed E-state index contributed by atoms with van der Waals surface area (Å²) in [5.74, 6) is -0.464. The second kappa shape index (κ2) is 13.7. The summed E-state index contributed by atoms with van der Waals surface area (Å²) in [5, 5.41) is 13.8. The van der Waals surface area contributed by atoms with Gasteiger partial charge in [0, 0.05) is 43.5 Å². The number of hydrogen-bond acceptors (Lipinski definition) is 7. The molecule has 3 aliphatic heterocycles. The number of ether oxygens (including phenoxy) is 2. The minimum Gasteiger partial charge on any atom is -0.493 e. The summed E-state index contributed by atoms with van der Waals surface area (Å²) in [4.78, 5) is 21.8. The van der Waals surface area contributed by atoms with E-state index in [1.54, 1.807) is 6.07 Å². The Morgan fingerprint density at radius 1 is 1.29 bits per heavy atom. The first kappa shape index (κ1) is 30.7. The number of aryl methyl sites for hydroxylation is 2. The molecule has 1 aromatic heterocycles. The van der Waals surface area contributed by atoms with Crippen LogP contribution in [0.4, 0.5) is 10.2 Å². The monoisotopic (exact) mass is 582 g/mol. The standard InChI is InChI=1S/C33H47FN4O4/c1-33(15-6-8-19-42-33)24-20-27(30(41-3)28(34)21-24)29(32(39)40)38-18-14-26(22-38)37(2)17-7-4-5-11-25-13-12-23-10-9-16-35-31(23)36-25/h12-13,20-21,26,29H,4-11,14-19,22H2,1-3H3,(H,35,36)(H,39,40)/t26-,29+,33?/m1/s1. The number of methoxy groups -OCH3 is 1. The van der Waals surface area contributed by atoms with Crippen molar-refractivity contribution < 1.29 is 23.8 Å². The highest BCUT2D eigenvalue weighted by atomic mass is 19.1. The van der Waals surface area contributed by atoms with Crippen LogP contribution in [0.3, 0.4) is 0 Å². The van der Waals surface area contributed by atoms with Gasteiger partial charge in [-0.25, -0.2) is 9.37 Å². The fourth-order valence-electron chi connectivity index (χ4n) is 6.88. The van der Waals surface area contributed by atoms with Gasteiger partial charge in [-0.15, -0.1) is 0 Å². The maximum atomic E-state index is 15.3. The summed E-state index contributed by atoms with van der Waals surface area (Å²) in [7, 11) is 3.53. The van der Waals surface area contributed by atoms with Crippen LogP contribution in [0.25, 0.3) is 0 Å². The van der Waals surface area contributed by atoms with E-state index >= 15 is 4.39 Å².